The molecule has 0 unspecified atom stereocenters. The predicted molar refractivity (Wildman–Crippen MR) is 84.7 cm³/mol. The molecule has 0 aliphatic carbocycles. The molecule has 2 aromatic rings. The molecule has 2 rings (SSSR count). The molecule has 20 heavy (non-hydrogen) atoms. The van der Waals surface area contributed by atoms with E-state index in [1.165, 1.54) is 16.2 Å². The average Bonchev–Trinajstić information content (AvgIpc) is 2.72. The number of primary amides is 1. The molecule has 0 radical (unpaired) electrons. The third-order valence-corrected chi connectivity index (χ3v) is 4.57. The van der Waals surface area contributed by atoms with Crippen LogP contribution < -0.4 is 11.5 Å². The van der Waals surface area contributed by atoms with Gasteiger partial charge in [-0.05, 0) is 25.1 Å². The minimum atomic E-state index is -0.539. The minimum absolute atomic E-state index is 0.104. The van der Waals surface area contributed by atoms with Crippen molar-refractivity contribution in [3.05, 3.63) is 27.5 Å². The minimum Gasteiger partial charge on any atom is -0.397 e. The largest absolute Gasteiger partial charge is 0.397 e. The van der Waals surface area contributed by atoms with Gasteiger partial charge >= 0.3 is 0 Å². The lowest BCUT2D eigenvalue weighted by atomic mass is 10.2. The number of halogens is 1. The van der Waals surface area contributed by atoms with Gasteiger partial charge in [-0.2, -0.15) is 0 Å². The Morgan fingerprint density at radius 1 is 1.40 bits per heavy atom. The van der Waals surface area contributed by atoms with Gasteiger partial charge in [-0.1, -0.05) is 15.9 Å². The number of benzene rings is 1. The molecule has 0 saturated heterocycles. The Morgan fingerprint density at radius 2 is 2.10 bits per heavy atom. The van der Waals surface area contributed by atoms with E-state index in [2.05, 4.69) is 15.9 Å². The van der Waals surface area contributed by atoms with Crippen LogP contribution in [0.4, 0.5) is 5.69 Å². The molecule has 0 spiro atoms. The summed E-state index contributed by atoms with van der Waals surface area (Å²) in [7, 11) is 0. The van der Waals surface area contributed by atoms with Gasteiger partial charge in [0.2, 0.25) is 5.91 Å². The lowest BCUT2D eigenvalue weighted by Crippen LogP contribution is -2.38. The fraction of sp³-hybridized carbons (Fsp3) is 0.231. The van der Waals surface area contributed by atoms with Crippen molar-refractivity contribution in [2.75, 3.05) is 18.8 Å². The van der Waals surface area contributed by atoms with Gasteiger partial charge in [0.1, 0.15) is 4.88 Å². The van der Waals surface area contributed by atoms with E-state index in [1.807, 2.05) is 18.2 Å². The second-order valence-corrected chi connectivity index (χ2v) is 6.24. The molecule has 2 amide bonds. The number of thiophene rings is 1. The highest BCUT2D eigenvalue weighted by molar-refractivity contribution is 9.10. The molecule has 0 saturated carbocycles. The monoisotopic (exact) mass is 355 g/mol. The van der Waals surface area contributed by atoms with Crippen molar-refractivity contribution in [3.8, 4) is 0 Å². The number of fused-ring (bicyclic) bond motifs is 1. The van der Waals surface area contributed by atoms with Gasteiger partial charge in [-0.3, -0.25) is 9.59 Å². The van der Waals surface area contributed by atoms with Crippen LogP contribution in [0.5, 0.6) is 0 Å². The summed E-state index contributed by atoms with van der Waals surface area (Å²) in [6, 6.07) is 5.68. The number of nitrogens with zero attached hydrogens (tertiary/aromatic N) is 1. The van der Waals surface area contributed by atoms with E-state index in [-0.39, 0.29) is 12.5 Å². The van der Waals surface area contributed by atoms with E-state index in [9.17, 15) is 9.59 Å². The zero-order valence-electron chi connectivity index (χ0n) is 10.9. The molecular formula is C13H14BrN3O2S. The fourth-order valence-corrected chi connectivity index (χ4v) is 3.34. The highest BCUT2D eigenvalue weighted by atomic mass is 79.9. The smallest absolute Gasteiger partial charge is 0.266 e. The van der Waals surface area contributed by atoms with Crippen LogP contribution in [0.15, 0.2) is 22.7 Å². The van der Waals surface area contributed by atoms with Crippen LogP contribution >= 0.6 is 27.3 Å². The van der Waals surface area contributed by atoms with Gasteiger partial charge in [0.05, 0.1) is 12.2 Å². The summed E-state index contributed by atoms with van der Waals surface area (Å²) < 4.78 is 1.84. The average molecular weight is 356 g/mol. The van der Waals surface area contributed by atoms with Crippen LogP contribution in [-0.2, 0) is 4.79 Å². The number of rotatable bonds is 4. The molecule has 0 fully saturated rings. The number of carbonyl (C=O) groups is 2. The second-order valence-electron chi connectivity index (χ2n) is 4.27. The van der Waals surface area contributed by atoms with E-state index < -0.39 is 5.91 Å². The molecule has 5 nitrogen and oxygen atoms in total. The van der Waals surface area contributed by atoms with Crippen molar-refractivity contribution in [3.63, 3.8) is 0 Å². The highest BCUT2D eigenvalue weighted by Gasteiger charge is 2.22. The Hall–Kier alpha value is -1.60. The summed E-state index contributed by atoms with van der Waals surface area (Å²) in [5.74, 6) is -0.802. The van der Waals surface area contributed by atoms with Crippen molar-refractivity contribution >= 4 is 54.9 Å². The lowest BCUT2D eigenvalue weighted by molar-refractivity contribution is -0.118. The van der Waals surface area contributed by atoms with Crippen LogP contribution in [0.1, 0.15) is 16.6 Å². The topological polar surface area (TPSA) is 89.4 Å². The van der Waals surface area contributed by atoms with E-state index in [4.69, 9.17) is 11.5 Å². The third kappa shape index (κ3) is 2.78. The molecule has 0 aliphatic rings. The number of likely N-dealkylation sites (N-methyl/N-ethyl adjacent to an activating group) is 1. The Morgan fingerprint density at radius 3 is 2.70 bits per heavy atom. The third-order valence-electron chi connectivity index (χ3n) is 2.90. The predicted octanol–water partition coefficient (Wildman–Crippen LogP) is 2.19. The summed E-state index contributed by atoms with van der Waals surface area (Å²) in [4.78, 5) is 25.3. The molecule has 1 aromatic heterocycles. The molecule has 1 aromatic carbocycles. The molecule has 1 heterocycles. The van der Waals surface area contributed by atoms with E-state index in [0.717, 1.165) is 14.6 Å². The van der Waals surface area contributed by atoms with Crippen LogP contribution in [-0.4, -0.2) is 29.8 Å². The van der Waals surface area contributed by atoms with Gasteiger partial charge in [0.15, 0.2) is 0 Å². The quantitative estimate of drug-likeness (QED) is 0.880. The summed E-state index contributed by atoms with van der Waals surface area (Å²) in [5, 5.41) is 0.836. The second kappa shape index (κ2) is 5.80. The van der Waals surface area contributed by atoms with Gasteiger partial charge in [0.25, 0.3) is 5.91 Å². The molecule has 0 aliphatic heterocycles. The standard InChI is InChI=1S/C13H14BrN3O2S/c1-2-17(6-10(15)18)13(19)12-11(16)8-5-7(14)3-4-9(8)20-12/h3-5H,2,6,16H2,1H3,(H2,15,18). The maximum atomic E-state index is 12.4. The van der Waals surface area contributed by atoms with Crippen molar-refractivity contribution < 1.29 is 9.59 Å². The molecule has 7 heteroatoms. The number of hydrogen-bond donors (Lipinski definition) is 2. The molecule has 4 N–H and O–H groups in total. The Balaban J connectivity index is 2.44. The van der Waals surface area contributed by atoms with Crippen LogP contribution in [0.2, 0.25) is 0 Å². The molecule has 0 bridgehead atoms. The highest BCUT2D eigenvalue weighted by Crippen LogP contribution is 2.35. The van der Waals surface area contributed by atoms with E-state index in [0.29, 0.717) is 17.1 Å². The van der Waals surface area contributed by atoms with Gasteiger partial charge in [0, 0.05) is 21.1 Å². The van der Waals surface area contributed by atoms with E-state index in [1.54, 1.807) is 6.92 Å². The van der Waals surface area contributed by atoms with Gasteiger partial charge in [-0.25, -0.2) is 0 Å². The number of carbonyl (C=O) groups excluding carboxylic acids is 2. The number of anilines is 1. The summed E-state index contributed by atoms with van der Waals surface area (Å²) in [5.41, 5.74) is 11.7. The summed E-state index contributed by atoms with van der Waals surface area (Å²) in [6.45, 7) is 2.09. The number of nitrogens with two attached hydrogens (primary N) is 2. The van der Waals surface area contributed by atoms with Crippen molar-refractivity contribution in [1.82, 2.24) is 4.90 Å². The van der Waals surface area contributed by atoms with Crippen LogP contribution in [0.25, 0.3) is 10.1 Å². The number of nitrogen functional groups attached to an aromatic ring is 1. The van der Waals surface area contributed by atoms with Gasteiger partial charge in [-0.15, -0.1) is 11.3 Å². The van der Waals surface area contributed by atoms with Crippen molar-refractivity contribution in [1.29, 1.82) is 0 Å². The maximum absolute atomic E-state index is 12.4. The Labute approximate surface area is 128 Å². The molecule has 106 valence electrons. The first kappa shape index (κ1) is 14.8. The van der Waals surface area contributed by atoms with Gasteiger partial charge < -0.3 is 16.4 Å². The molecular weight excluding hydrogens is 342 g/mol. The number of hydrogen-bond acceptors (Lipinski definition) is 4. The zero-order chi connectivity index (χ0) is 14.9. The lowest BCUT2D eigenvalue weighted by Gasteiger charge is -2.18. The molecule has 0 atom stereocenters. The first-order chi connectivity index (χ1) is 9.43. The summed E-state index contributed by atoms with van der Waals surface area (Å²) in [6.07, 6.45) is 0. The van der Waals surface area contributed by atoms with Crippen LogP contribution in [0, 0.1) is 0 Å². The SMILES string of the molecule is CCN(CC(N)=O)C(=O)c1sc2ccc(Br)cc2c1N. The number of amides is 2. The normalized spacial score (nSPS) is 10.7. The fourth-order valence-electron chi connectivity index (χ4n) is 1.91. The Kier molecular flexibility index (Phi) is 4.29. The first-order valence-corrected chi connectivity index (χ1v) is 7.60. The zero-order valence-corrected chi connectivity index (χ0v) is 13.3. The first-order valence-electron chi connectivity index (χ1n) is 5.99. The summed E-state index contributed by atoms with van der Waals surface area (Å²) >= 11 is 4.70. The van der Waals surface area contributed by atoms with Crippen molar-refractivity contribution in [2.24, 2.45) is 5.73 Å². The van der Waals surface area contributed by atoms with E-state index >= 15 is 0 Å². The Bertz CT molecular complexity index is 684. The maximum Gasteiger partial charge on any atom is 0.266 e. The van der Waals surface area contributed by atoms with Crippen molar-refractivity contribution in [2.45, 2.75) is 6.92 Å². The van der Waals surface area contributed by atoms with Crippen LogP contribution in [0.3, 0.4) is 0 Å².